The topological polar surface area (TPSA) is 46.9 Å². The Balaban J connectivity index is 1.94. The zero-order chi connectivity index (χ0) is 18.1. The summed E-state index contributed by atoms with van der Waals surface area (Å²) in [5, 5.41) is 7.54. The van der Waals surface area contributed by atoms with Crippen LogP contribution < -0.4 is 5.32 Å². The van der Waals surface area contributed by atoms with Crippen LogP contribution in [0.25, 0.3) is 5.69 Å². The third kappa shape index (κ3) is 3.66. The molecule has 5 heteroatoms. The highest BCUT2D eigenvalue weighted by molar-refractivity contribution is 9.10. The van der Waals surface area contributed by atoms with Crippen LogP contribution >= 0.6 is 15.9 Å². The van der Waals surface area contributed by atoms with Gasteiger partial charge in [0, 0.05) is 10.2 Å². The van der Waals surface area contributed by atoms with Gasteiger partial charge in [0.05, 0.1) is 22.6 Å². The minimum Gasteiger partial charge on any atom is -0.322 e. The molecule has 1 N–H and O–H groups in total. The van der Waals surface area contributed by atoms with Crippen LogP contribution in [0.4, 0.5) is 5.69 Å². The zero-order valence-corrected chi connectivity index (χ0v) is 16.3. The summed E-state index contributed by atoms with van der Waals surface area (Å²) >= 11 is 3.43. The van der Waals surface area contributed by atoms with Crippen molar-refractivity contribution >= 4 is 27.5 Å². The smallest absolute Gasteiger partial charge is 0.259 e. The van der Waals surface area contributed by atoms with Gasteiger partial charge in [-0.1, -0.05) is 22.0 Å². The molecule has 3 aromatic rings. The van der Waals surface area contributed by atoms with Gasteiger partial charge in [-0.2, -0.15) is 5.10 Å². The molecule has 128 valence electrons. The number of nitrogens with one attached hydrogen (secondary N) is 1. The van der Waals surface area contributed by atoms with E-state index in [9.17, 15) is 4.79 Å². The van der Waals surface area contributed by atoms with Gasteiger partial charge in [-0.15, -0.1) is 0 Å². The van der Waals surface area contributed by atoms with E-state index in [1.165, 1.54) is 0 Å². The van der Waals surface area contributed by atoms with Crippen molar-refractivity contribution in [1.29, 1.82) is 0 Å². The lowest BCUT2D eigenvalue weighted by Crippen LogP contribution is -2.14. The molecule has 25 heavy (non-hydrogen) atoms. The fraction of sp³-hybridized carbons (Fsp3) is 0.200. The third-order valence-corrected chi connectivity index (χ3v) is 4.60. The molecule has 0 aliphatic carbocycles. The molecule has 0 spiro atoms. The fourth-order valence-electron chi connectivity index (χ4n) is 3.05. The van der Waals surface area contributed by atoms with E-state index in [0.717, 1.165) is 32.7 Å². The van der Waals surface area contributed by atoms with Crippen molar-refractivity contribution in [3.63, 3.8) is 0 Å². The van der Waals surface area contributed by atoms with Crippen molar-refractivity contribution < 1.29 is 4.79 Å². The van der Waals surface area contributed by atoms with Crippen molar-refractivity contribution in [2.24, 2.45) is 0 Å². The zero-order valence-electron chi connectivity index (χ0n) is 14.7. The number of hydrogen-bond acceptors (Lipinski definition) is 2. The van der Waals surface area contributed by atoms with Crippen molar-refractivity contribution in [3.8, 4) is 5.69 Å². The average molecular weight is 398 g/mol. The van der Waals surface area contributed by atoms with Crippen LogP contribution in [0, 0.1) is 27.7 Å². The first-order valence-electron chi connectivity index (χ1n) is 8.07. The van der Waals surface area contributed by atoms with Crippen LogP contribution in [0.15, 0.2) is 46.9 Å². The predicted octanol–water partition coefficient (Wildman–Crippen LogP) is 5.12. The monoisotopic (exact) mass is 397 g/mol. The molecule has 3 rings (SSSR count). The highest BCUT2D eigenvalue weighted by Crippen LogP contribution is 2.22. The Morgan fingerprint density at radius 3 is 2.20 bits per heavy atom. The molecule has 0 bridgehead atoms. The number of aromatic nitrogens is 2. The minimum absolute atomic E-state index is 0.136. The SMILES string of the molecule is Cc1cc(C)cc(NC(=O)c2c(C)nn(-c3ccc(Br)cc3)c2C)c1. The molecule has 2 aromatic carbocycles. The van der Waals surface area contributed by atoms with Crippen LogP contribution in [0.3, 0.4) is 0 Å². The van der Waals surface area contributed by atoms with Crippen molar-refractivity contribution in [1.82, 2.24) is 9.78 Å². The molecule has 0 unspecified atom stereocenters. The number of rotatable bonds is 3. The highest BCUT2D eigenvalue weighted by Gasteiger charge is 2.19. The Hall–Kier alpha value is -2.40. The molecule has 0 saturated carbocycles. The number of carbonyl (C=O) groups excluding carboxylic acids is 1. The molecule has 0 atom stereocenters. The number of halogens is 1. The van der Waals surface area contributed by atoms with Gasteiger partial charge in [-0.25, -0.2) is 4.68 Å². The first kappa shape index (κ1) is 17.4. The van der Waals surface area contributed by atoms with E-state index in [-0.39, 0.29) is 5.91 Å². The molecule has 0 radical (unpaired) electrons. The van der Waals surface area contributed by atoms with Gasteiger partial charge in [0.15, 0.2) is 0 Å². The van der Waals surface area contributed by atoms with Gasteiger partial charge in [0.1, 0.15) is 0 Å². The van der Waals surface area contributed by atoms with E-state index in [4.69, 9.17) is 0 Å². The van der Waals surface area contributed by atoms with E-state index >= 15 is 0 Å². The Labute approximate surface area is 156 Å². The summed E-state index contributed by atoms with van der Waals surface area (Å²) < 4.78 is 2.81. The molecule has 0 aliphatic heterocycles. The van der Waals surface area contributed by atoms with Gasteiger partial charge in [-0.05, 0) is 75.2 Å². The number of hydrogen-bond donors (Lipinski definition) is 1. The third-order valence-electron chi connectivity index (χ3n) is 4.07. The van der Waals surface area contributed by atoms with Crippen LogP contribution in [0.2, 0.25) is 0 Å². The van der Waals surface area contributed by atoms with E-state index in [1.807, 2.05) is 64.1 Å². The molecule has 0 saturated heterocycles. The van der Waals surface area contributed by atoms with Crippen molar-refractivity contribution in [2.45, 2.75) is 27.7 Å². The predicted molar refractivity (Wildman–Crippen MR) is 105 cm³/mol. The second-order valence-electron chi connectivity index (χ2n) is 6.26. The summed E-state index contributed by atoms with van der Waals surface area (Å²) in [5.41, 5.74) is 6.11. The number of amides is 1. The molecule has 0 aliphatic rings. The van der Waals surface area contributed by atoms with Crippen LogP contribution in [-0.4, -0.2) is 15.7 Å². The summed E-state index contributed by atoms with van der Waals surface area (Å²) in [6, 6.07) is 13.9. The quantitative estimate of drug-likeness (QED) is 0.666. The normalized spacial score (nSPS) is 10.8. The summed E-state index contributed by atoms with van der Waals surface area (Å²) in [5.74, 6) is -0.136. The van der Waals surface area contributed by atoms with Crippen molar-refractivity contribution in [2.75, 3.05) is 5.32 Å². The van der Waals surface area contributed by atoms with Gasteiger partial charge in [0.2, 0.25) is 0 Å². The summed E-state index contributed by atoms with van der Waals surface area (Å²) in [4.78, 5) is 12.8. The second kappa shape index (κ2) is 6.84. The Kier molecular flexibility index (Phi) is 4.77. The first-order chi connectivity index (χ1) is 11.8. The lowest BCUT2D eigenvalue weighted by Gasteiger charge is -2.09. The molecule has 1 amide bonds. The van der Waals surface area contributed by atoms with Crippen LogP contribution in [0.5, 0.6) is 0 Å². The van der Waals surface area contributed by atoms with Gasteiger partial charge < -0.3 is 5.32 Å². The average Bonchev–Trinajstić information content (AvgIpc) is 2.82. The standard InChI is InChI=1S/C20H20BrN3O/c1-12-9-13(2)11-17(10-12)22-20(25)19-14(3)23-24(15(19)4)18-7-5-16(21)6-8-18/h5-11H,1-4H3,(H,22,25). The van der Waals surface area contributed by atoms with Gasteiger partial charge >= 0.3 is 0 Å². The van der Waals surface area contributed by atoms with Crippen molar-refractivity contribution in [3.05, 3.63) is 75.0 Å². The maximum atomic E-state index is 12.8. The van der Waals surface area contributed by atoms with Gasteiger partial charge in [0.25, 0.3) is 5.91 Å². The lowest BCUT2D eigenvalue weighted by atomic mass is 10.1. The lowest BCUT2D eigenvalue weighted by molar-refractivity contribution is 0.102. The molecule has 1 heterocycles. The number of aryl methyl sites for hydroxylation is 3. The molecular weight excluding hydrogens is 378 g/mol. The summed E-state index contributed by atoms with van der Waals surface area (Å²) in [6.45, 7) is 7.81. The van der Waals surface area contributed by atoms with E-state index in [1.54, 1.807) is 4.68 Å². The minimum atomic E-state index is -0.136. The molecule has 4 nitrogen and oxygen atoms in total. The maximum Gasteiger partial charge on any atom is 0.259 e. The molecule has 1 aromatic heterocycles. The number of anilines is 1. The van der Waals surface area contributed by atoms with Crippen LogP contribution in [-0.2, 0) is 0 Å². The maximum absolute atomic E-state index is 12.8. The summed E-state index contributed by atoms with van der Waals surface area (Å²) in [6.07, 6.45) is 0. The molecule has 0 fully saturated rings. The Morgan fingerprint density at radius 1 is 1.00 bits per heavy atom. The van der Waals surface area contributed by atoms with E-state index < -0.39 is 0 Å². The fourth-order valence-corrected chi connectivity index (χ4v) is 3.31. The largest absolute Gasteiger partial charge is 0.322 e. The number of benzene rings is 2. The first-order valence-corrected chi connectivity index (χ1v) is 8.86. The van der Waals surface area contributed by atoms with E-state index in [0.29, 0.717) is 11.3 Å². The molecular formula is C20H20BrN3O. The summed E-state index contributed by atoms with van der Waals surface area (Å²) in [7, 11) is 0. The van der Waals surface area contributed by atoms with E-state index in [2.05, 4.69) is 32.4 Å². The Bertz CT molecular complexity index is 922. The van der Waals surface area contributed by atoms with Crippen LogP contribution in [0.1, 0.15) is 32.9 Å². The highest BCUT2D eigenvalue weighted by atomic mass is 79.9. The number of nitrogens with zero attached hydrogens (tertiary/aromatic N) is 2. The Morgan fingerprint density at radius 2 is 1.60 bits per heavy atom. The number of carbonyl (C=O) groups is 1. The second-order valence-corrected chi connectivity index (χ2v) is 7.18. The van der Waals surface area contributed by atoms with Gasteiger partial charge in [-0.3, -0.25) is 4.79 Å².